The van der Waals surface area contributed by atoms with Gasteiger partial charge in [-0.1, -0.05) is 24.3 Å². The molecule has 16 nitrogen and oxygen atoms in total. The average Bonchev–Trinajstić information content (AvgIpc) is 3.93. The predicted octanol–water partition coefficient (Wildman–Crippen LogP) is 6.62. The summed E-state index contributed by atoms with van der Waals surface area (Å²) >= 11 is 0. The van der Waals surface area contributed by atoms with Gasteiger partial charge in [-0.15, -0.1) is 0 Å². The highest BCUT2D eigenvalue weighted by atomic mass is 31.2. The number of ether oxygens (including phenoxy) is 2. The summed E-state index contributed by atoms with van der Waals surface area (Å²) in [6.45, 7) is 6.68. The largest absolute Gasteiger partial charge is 0.524 e. The minimum absolute atomic E-state index is 0.0448. The molecule has 3 aromatic carbocycles. The number of likely N-dealkylation sites (N-methyl/N-ethyl adjacent to an activating group) is 1. The standard InChI is InChI=1S/C51H58N7O9P/c1-53-22-18-36-28-39(31-52-49(36)53)58(38-12-14-41(15-13-38)67-68(62,63)64)51(61)45-30-47(56-21-8-5-11-46(45)56)43-17-16-42(66-34-48(59)55-19-6-2-7-20-55)29-44(43)50(60)57-32-37-10-4-3-9-35(37)27-40(57)33-54-23-25-65-26-24-54/h3-4,9-10,12-17,28-31,40H,2,5-8,11,18-27,32-34H2,1H3,(H2,62,63,64)/t40-/m0/s1. The van der Waals surface area contributed by atoms with Gasteiger partial charge in [0, 0.05) is 88.1 Å². The van der Waals surface area contributed by atoms with Crippen LogP contribution >= 0.6 is 7.82 Å². The van der Waals surface area contributed by atoms with Gasteiger partial charge in [0.2, 0.25) is 0 Å². The first-order valence-electron chi connectivity index (χ1n) is 23.8. The third-order valence-corrected chi connectivity index (χ3v) is 14.5. The van der Waals surface area contributed by atoms with E-state index in [0.29, 0.717) is 92.6 Å². The molecule has 0 aliphatic carbocycles. The minimum atomic E-state index is -4.83. The fourth-order valence-corrected chi connectivity index (χ4v) is 10.9. The lowest BCUT2D eigenvalue weighted by atomic mass is 9.92. The van der Waals surface area contributed by atoms with E-state index >= 15 is 9.59 Å². The quantitative estimate of drug-likeness (QED) is 0.129. The highest BCUT2D eigenvalue weighted by Crippen LogP contribution is 2.41. The van der Waals surface area contributed by atoms with Crippen LogP contribution in [0.3, 0.4) is 0 Å². The number of carbonyl (C=O) groups excluding carboxylic acids is 3. The Hall–Kier alpha value is -6.03. The Morgan fingerprint density at radius 2 is 1.54 bits per heavy atom. The van der Waals surface area contributed by atoms with Gasteiger partial charge in [0.25, 0.3) is 17.7 Å². The van der Waals surface area contributed by atoms with Crippen LogP contribution in [0.1, 0.15) is 75.2 Å². The number of hydrogen-bond acceptors (Lipinski definition) is 10. The Balaban J connectivity index is 1.06. The summed E-state index contributed by atoms with van der Waals surface area (Å²) in [6.07, 6.45) is 8.55. The van der Waals surface area contributed by atoms with Crippen LogP contribution in [0.4, 0.5) is 17.2 Å². The molecule has 0 unspecified atom stereocenters. The van der Waals surface area contributed by atoms with Gasteiger partial charge in [0.1, 0.15) is 17.3 Å². The van der Waals surface area contributed by atoms with Gasteiger partial charge in [-0.2, -0.15) is 0 Å². The first-order valence-corrected chi connectivity index (χ1v) is 25.4. The molecule has 2 fully saturated rings. The molecule has 2 aromatic heterocycles. The molecule has 7 heterocycles. The molecule has 5 aliphatic rings. The smallest absolute Gasteiger partial charge is 0.484 e. The lowest BCUT2D eigenvalue weighted by Crippen LogP contribution is -2.52. The zero-order chi connectivity index (χ0) is 46.9. The van der Waals surface area contributed by atoms with Gasteiger partial charge in [-0.3, -0.25) is 34.0 Å². The molecule has 2 N–H and O–H groups in total. The summed E-state index contributed by atoms with van der Waals surface area (Å²) in [5, 5.41) is 0. The summed E-state index contributed by atoms with van der Waals surface area (Å²) in [5.74, 6) is 0.659. The second-order valence-electron chi connectivity index (χ2n) is 18.5. The Morgan fingerprint density at radius 3 is 2.32 bits per heavy atom. The van der Waals surface area contributed by atoms with E-state index in [0.717, 1.165) is 86.5 Å². The zero-order valence-electron chi connectivity index (χ0n) is 38.4. The van der Waals surface area contributed by atoms with E-state index in [1.165, 1.54) is 17.7 Å². The number of pyridine rings is 1. The number of amides is 3. The monoisotopic (exact) mass is 943 g/mol. The SMILES string of the molecule is CN1CCc2cc(N(C(=O)c3cc(-c4ccc(OCC(=O)N5CCCCC5)cc4C(=O)N4Cc5ccccc5C[C@H]4CN4CCOCC4)n4c3CCCC4)c3ccc(OP(=O)(O)O)cc3)cnc21. The second-order valence-corrected chi connectivity index (χ2v) is 19.6. The van der Waals surface area contributed by atoms with E-state index in [4.69, 9.17) is 19.0 Å². The van der Waals surface area contributed by atoms with Gasteiger partial charge < -0.3 is 33.3 Å². The third kappa shape index (κ3) is 9.65. The van der Waals surface area contributed by atoms with Gasteiger partial charge in [-0.25, -0.2) is 9.55 Å². The van der Waals surface area contributed by atoms with Crippen LogP contribution in [0.15, 0.2) is 85.1 Å². The summed E-state index contributed by atoms with van der Waals surface area (Å²) in [7, 11) is -2.84. The lowest BCUT2D eigenvalue weighted by Gasteiger charge is -2.40. The Kier molecular flexibility index (Phi) is 13.1. The molecule has 0 spiro atoms. The number of fused-ring (bicyclic) bond motifs is 3. The molecule has 0 bridgehead atoms. The summed E-state index contributed by atoms with van der Waals surface area (Å²) < 4.78 is 30.7. The molecule has 1 atom stereocenters. The van der Waals surface area contributed by atoms with Gasteiger partial charge in [0.15, 0.2) is 6.61 Å². The number of carbonyl (C=O) groups is 3. The molecular formula is C51H58N7O9P. The number of phosphoric ester groups is 1. The molecule has 0 saturated carbocycles. The van der Waals surface area contributed by atoms with E-state index in [2.05, 4.69) is 32.6 Å². The number of aromatic nitrogens is 2. The molecule has 17 heteroatoms. The van der Waals surface area contributed by atoms with Crippen molar-refractivity contribution < 1.29 is 42.7 Å². The average molecular weight is 944 g/mol. The van der Waals surface area contributed by atoms with Crippen LogP contribution in [-0.4, -0.2) is 124 Å². The fraction of sp³-hybridized carbons (Fsp3) is 0.412. The summed E-state index contributed by atoms with van der Waals surface area (Å²) in [6, 6.07) is 23.6. The van der Waals surface area contributed by atoms with E-state index in [1.54, 1.807) is 29.3 Å². The molecule has 5 aliphatic heterocycles. The van der Waals surface area contributed by atoms with Crippen molar-refractivity contribution in [1.29, 1.82) is 0 Å². The van der Waals surface area contributed by atoms with E-state index < -0.39 is 7.82 Å². The fourth-order valence-electron chi connectivity index (χ4n) is 10.5. The van der Waals surface area contributed by atoms with Crippen molar-refractivity contribution in [3.63, 3.8) is 0 Å². The van der Waals surface area contributed by atoms with Crippen molar-refractivity contribution in [2.24, 2.45) is 0 Å². The van der Waals surface area contributed by atoms with Gasteiger partial charge >= 0.3 is 7.82 Å². The topological polar surface area (TPSA) is 170 Å². The van der Waals surface area contributed by atoms with Crippen LogP contribution < -0.4 is 19.1 Å². The van der Waals surface area contributed by atoms with Crippen LogP contribution in [-0.2, 0) is 46.4 Å². The molecule has 5 aromatic rings. The van der Waals surface area contributed by atoms with E-state index in [-0.39, 0.29) is 36.1 Å². The Labute approximate surface area is 396 Å². The maximum Gasteiger partial charge on any atom is 0.524 e. The normalized spacial score (nSPS) is 18.4. The number of rotatable bonds is 12. The van der Waals surface area contributed by atoms with Crippen LogP contribution in [0.2, 0.25) is 0 Å². The molecule has 10 rings (SSSR count). The lowest BCUT2D eigenvalue weighted by molar-refractivity contribution is -0.134. The number of hydrogen-bond donors (Lipinski definition) is 2. The van der Waals surface area contributed by atoms with Crippen molar-refractivity contribution in [1.82, 2.24) is 24.3 Å². The second kappa shape index (κ2) is 19.5. The van der Waals surface area contributed by atoms with Gasteiger partial charge in [0.05, 0.1) is 36.2 Å². The van der Waals surface area contributed by atoms with E-state index in [1.807, 2.05) is 47.2 Å². The maximum absolute atomic E-state index is 15.6. The van der Waals surface area contributed by atoms with Crippen LogP contribution in [0.25, 0.3) is 11.3 Å². The number of benzene rings is 3. The molecular weight excluding hydrogens is 886 g/mol. The number of anilines is 3. The van der Waals surface area contributed by atoms with Crippen molar-refractivity contribution in [3.05, 3.63) is 119 Å². The Morgan fingerprint density at radius 1 is 0.794 bits per heavy atom. The maximum atomic E-state index is 15.6. The number of phosphoric acid groups is 1. The number of nitrogens with zero attached hydrogens (tertiary/aromatic N) is 7. The molecule has 0 radical (unpaired) electrons. The first kappa shape index (κ1) is 45.7. The van der Waals surface area contributed by atoms with Crippen molar-refractivity contribution >= 4 is 42.7 Å². The highest BCUT2D eigenvalue weighted by molar-refractivity contribution is 7.46. The van der Waals surface area contributed by atoms with Crippen molar-refractivity contribution in [2.45, 2.75) is 70.5 Å². The van der Waals surface area contributed by atoms with Crippen molar-refractivity contribution in [2.75, 3.05) is 75.9 Å². The predicted molar refractivity (Wildman–Crippen MR) is 257 cm³/mol. The number of piperidine rings is 1. The zero-order valence-corrected chi connectivity index (χ0v) is 39.3. The summed E-state index contributed by atoms with van der Waals surface area (Å²) in [5.41, 5.74) is 7.44. The number of likely N-dealkylation sites (tertiary alicyclic amines) is 1. The first-order chi connectivity index (χ1) is 33.0. The third-order valence-electron chi connectivity index (χ3n) is 14.0. The van der Waals surface area contributed by atoms with E-state index in [9.17, 15) is 19.1 Å². The number of morpholine rings is 1. The minimum Gasteiger partial charge on any atom is -0.484 e. The molecule has 3 amide bonds. The molecule has 356 valence electrons. The highest BCUT2D eigenvalue weighted by Gasteiger charge is 2.36. The summed E-state index contributed by atoms with van der Waals surface area (Å²) in [4.78, 5) is 78.1. The molecule has 2 saturated heterocycles. The Bertz CT molecular complexity index is 2740. The van der Waals surface area contributed by atoms with Crippen LogP contribution in [0, 0.1) is 0 Å². The van der Waals surface area contributed by atoms with Crippen molar-refractivity contribution in [3.8, 4) is 22.8 Å². The molecule has 68 heavy (non-hydrogen) atoms. The van der Waals surface area contributed by atoms with Gasteiger partial charge in [-0.05, 0) is 123 Å². The van der Waals surface area contributed by atoms with Crippen LogP contribution in [0.5, 0.6) is 11.5 Å².